The fourth-order valence-electron chi connectivity index (χ4n) is 1.64. The molecule has 0 heterocycles. The lowest BCUT2D eigenvalue weighted by Crippen LogP contribution is -2.34. The second-order valence-electron chi connectivity index (χ2n) is 4.13. The molecule has 0 bridgehead atoms. The van der Waals surface area contributed by atoms with Gasteiger partial charge in [-0.3, -0.25) is 0 Å². The predicted molar refractivity (Wildman–Crippen MR) is 74.3 cm³/mol. The van der Waals surface area contributed by atoms with E-state index in [1.165, 1.54) is 31.4 Å². The highest BCUT2D eigenvalue weighted by Gasteiger charge is 2.24. The molecule has 8 heteroatoms. The van der Waals surface area contributed by atoms with E-state index in [1.807, 2.05) is 6.07 Å². The van der Waals surface area contributed by atoms with Crippen LogP contribution in [-0.2, 0) is 14.8 Å². The standard InChI is InChI=1S/C13H16N2O5S/c1-20-10-9-15(8-2-7-14)21(18,19)12-5-3-11(4-6-12)13(16)17/h3-6H,2,8-10H2,1H3,(H,16,17). The zero-order valence-electron chi connectivity index (χ0n) is 11.5. The van der Waals surface area contributed by atoms with Crippen molar-refractivity contribution in [3.8, 4) is 6.07 Å². The van der Waals surface area contributed by atoms with Crippen LogP contribution in [0.2, 0.25) is 0 Å². The summed E-state index contributed by atoms with van der Waals surface area (Å²) in [5.41, 5.74) is 0.00872. The van der Waals surface area contributed by atoms with Gasteiger partial charge < -0.3 is 9.84 Å². The first kappa shape index (κ1) is 17.1. The van der Waals surface area contributed by atoms with Gasteiger partial charge in [-0.25, -0.2) is 13.2 Å². The molecule has 0 spiro atoms. The van der Waals surface area contributed by atoms with Gasteiger partial charge in [0, 0.05) is 26.6 Å². The minimum Gasteiger partial charge on any atom is -0.478 e. The Kier molecular flexibility index (Phi) is 6.30. The van der Waals surface area contributed by atoms with Gasteiger partial charge >= 0.3 is 5.97 Å². The molecule has 21 heavy (non-hydrogen) atoms. The van der Waals surface area contributed by atoms with Crippen molar-refractivity contribution in [2.45, 2.75) is 11.3 Å². The van der Waals surface area contributed by atoms with E-state index in [0.717, 1.165) is 4.31 Å². The molecule has 0 saturated heterocycles. The zero-order chi connectivity index (χ0) is 15.9. The Morgan fingerprint density at radius 3 is 2.43 bits per heavy atom. The third-order valence-electron chi connectivity index (χ3n) is 2.76. The van der Waals surface area contributed by atoms with Crippen molar-refractivity contribution in [3.05, 3.63) is 29.8 Å². The van der Waals surface area contributed by atoms with Crippen LogP contribution in [0.25, 0.3) is 0 Å². The molecule has 0 radical (unpaired) electrons. The molecule has 0 amide bonds. The molecule has 0 aromatic heterocycles. The Hall–Kier alpha value is -1.95. The average molecular weight is 312 g/mol. The van der Waals surface area contributed by atoms with Gasteiger partial charge in [0.2, 0.25) is 10.0 Å². The van der Waals surface area contributed by atoms with Gasteiger partial charge in [0.15, 0.2) is 0 Å². The lowest BCUT2D eigenvalue weighted by atomic mass is 10.2. The normalized spacial score (nSPS) is 11.3. The first-order chi connectivity index (χ1) is 9.93. The second kappa shape index (κ2) is 7.73. The van der Waals surface area contributed by atoms with Crippen molar-refractivity contribution in [2.75, 3.05) is 26.8 Å². The summed E-state index contributed by atoms with van der Waals surface area (Å²) in [6.45, 7) is 0.391. The summed E-state index contributed by atoms with van der Waals surface area (Å²) in [5.74, 6) is -1.13. The molecule has 1 aromatic rings. The number of carboxylic acid groups (broad SMARTS) is 1. The topological polar surface area (TPSA) is 108 Å². The maximum atomic E-state index is 12.4. The zero-order valence-corrected chi connectivity index (χ0v) is 12.3. The summed E-state index contributed by atoms with van der Waals surface area (Å²) >= 11 is 0. The molecule has 7 nitrogen and oxygen atoms in total. The molecule has 0 aliphatic heterocycles. The van der Waals surface area contributed by atoms with Crippen LogP contribution in [0.5, 0.6) is 0 Å². The first-order valence-corrected chi connectivity index (χ1v) is 7.57. The summed E-state index contributed by atoms with van der Waals surface area (Å²) in [7, 11) is -2.32. The van der Waals surface area contributed by atoms with Crippen LogP contribution in [-0.4, -0.2) is 50.6 Å². The van der Waals surface area contributed by atoms with Gasteiger partial charge in [-0.15, -0.1) is 0 Å². The number of ether oxygens (including phenoxy) is 1. The van der Waals surface area contributed by atoms with Gasteiger partial charge in [0.05, 0.1) is 23.1 Å². The summed E-state index contributed by atoms with van der Waals surface area (Å²) in [5, 5.41) is 17.4. The number of hydrogen-bond donors (Lipinski definition) is 1. The van der Waals surface area contributed by atoms with Crippen molar-refractivity contribution >= 4 is 16.0 Å². The van der Waals surface area contributed by atoms with E-state index in [4.69, 9.17) is 15.1 Å². The van der Waals surface area contributed by atoms with Gasteiger partial charge in [-0.2, -0.15) is 9.57 Å². The van der Waals surface area contributed by atoms with Crippen LogP contribution in [0.15, 0.2) is 29.2 Å². The van der Waals surface area contributed by atoms with E-state index >= 15 is 0 Å². The van der Waals surface area contributed by atoms with Gasteiger partial charge in [0.25, 0.3) is 0 Å². The van der Waals surface area contributed by atoms with Crippen LogP contribution < -0.4 is 0 Å². The molecule has 0 saturated carbocycles. The van der Waals surface area contributed by atoms with Crippen LogP contribution >= 0.6 is 0 Å². The van der Waals surface area contributed by atoms with Crippen molar-refractivity contribution in [1.82, 2.24) is 4.31 Å². The summed E-state index contributed by atoms with van der Waals surface area (Å²) in [4.78, 5) is 10.8. The number of methoxy groups -OCH3 is 1. The summed E-state index contributed by atoms with van der Waals surface area (Å²) in [6, 6.07) is 6.84. The molecule has 114 valence electrons. The SMILES string of the molecule is COCCN(CCC#N)S(=O)(=O)c1ccc(C(=O)O)cc1. The van der Waals surface area contributed by atoms with Crippen LogP contribution in [0.4, 0.5) is 0 Å². The Bertz CT molecular complexity index is 619. The third-order valence-corrected chi connectivity index (χ3v) is 4.67. The molecule has 1 aromatic carbocycles. The minimum atomic E-state index is -3.78. The van der Waals surface area contributed by atoms with E-state index in [0.29, 0.717) is 0 Å². The van der Waals surface area contributed by atoms with E-state index in [2.05, 4.69) is 0 Å². The number of sulfonamides is 1. The maximum Gasteiger partial charge on any atom is 0.335 e. The van der Waals surface area contributed by atoms with Crippen molar-refractivity contribution < 1.29 is 23.1 Å². The molecular formula is C13H16N2O5S. The minimum absolute atomic E-state index is 0.00872. The van der Waals surface area contributed by atoms with Gasteiger partial charge in [0.1, 0.15) is 0 Å². The lowest BCUT2D eigenvalue weighted by molar-refractivity contribution is 0.0696. The highest BCUT2D eigenvalue weighted by atomic mass is 32.2. The quantitative estimate of drug-likeness (QED) is 0.765. The van der Waals surface area contributed by atoms with Crippen LogP contribution in [0, 0.1) is 11.3 Å². The summed E-state index contributed by atoms with van der Waals surface area (Å²) < 4.78 is 30.9. The van der Waals surface area contributed by atoms with Crippen molar-refractivity contribution in [1.29, 1.82) is 5.26 Å². The Morgan fingerprint density at radius 2 is 1.95 bits per heavy atom. The predicted octanol–water partition coefficient (Wildman–Crippen LogP) is 0.936. The lowest BCUT2D eigenvalue weighted by Gasteiger charge is -2.20. The number of hydrogen-bond acceptors (Lipinski definition) is 5. The number of carbonyl (C=O) groups is 1. The molecule has 0 atom stereocenters. The van der Waals surface area contributed by atoms with Crippen LogP contribution in [0.3, 0.4) is 0 Å². The fourth-order valence-corrected chi connectivity index (χ4v) is 3.06. The Morgan fingerprint density at radius 1 is 1.33 bits per heavy atom. The monoisotopic (exact) mass is 312 g/mol. The third kappa shape index (κ3) is 4.53. The number of carboxylic acids is 1. The highest BCUT2D eigenvalue weighted by Crippen LogP contribution is 2.17. The number of nitriles is 1. The molecule has 1 rings (SSSR count). The number of nitrogens with zero attached hydrogens (tertiary/aromatic N) is 2. The van der Waals surface area contributed by atoms with E-state index in [1.54, 1.807) is 0 Å². The number of rotatable bonds is 8. The highest BCUT2D eigenvalue weighted by molar-refractivity contribution is 7.89. The van der Waals surface area contributed by atoms with E-state index in [9.17, 15) is 13.2 Å². The van der Waals surface area contributed by atoms with Crippen LogP contribution in [0.1, 0.15) is 16.8 Å². The molecule has 0 fully saturated rings. The fraction of sp³-hybridized carbons (Fsp3) is 0.385. The van der Waals surface area contributed by atoms with E-state index < -0.39 is 16.0 Å². The molecule has 0 aliphatic carbocycles. The molecule has 1 N–H and O–H groups in total. The Balaban J connectivity index is 3.03. The molecule has 0 aliphatic rings. The Labute approximate surface area is 123 Å². The van der Waals surface area contributed by atoms with Crippen molar-refractivity contribution in [2.24, 2.45) is 0 Å². The second-order valence-corrected chi connectivity index (χ2v) is 6.07. The average Bonchev–Trinajstić information content (AvgIpc) is 2.47. The molecule has 0 unspecified atom stereocenters. The summed E-state index contributed by atoms with van der Waals surface area (Å²) in [6.07, 6.45) is 0.0656. The smallest absolute Gasteiger partial charge is 0.335 e. The van der Waals surface area contributed by atoms with Gasteiger partial charge in [-0.1, -0.05) is 0 Å². The first-order valence-electron chi connectivity index (χ1n) is 6.13. The van der Waals surface area contributed by atoms with Gasteiger partial charge in [-0.05, 0) is 24.3 Å². The largest absolute Gasteiger partial charge is 0.478 e. The van der Waals surface area contributed by atoms with Crippen molar-refractivity contribution in [3.63, 3.8) is 0 Å². The molecular weight excluding hydrogens is 296 g/mol. The van der Waals surface area contributed by atoms with E-state index in [-0.39, 0.29) is 36.6 Å². The number of aromatic carboxylic acids is 1. The maximum absolute atomic E-state index is 12.4. The number of benzene rings is 1.